The minimum atomic E-state index is -0.486. The summed E-state index contributed by atoms with van der Waals surface area (Å²) in [5, 5.41) is 5.40. The highest BCUT2D eigenvalue weighted by Gasteiger charge is 2.32. The Morgan fingerprint density at radius 1 is 1.29 bits per heavy atom. The Balaban J connectivity index is 2.30. The lowest BCUT2D eigenvalue weighted by atomic mass is 9.96. The normalized spacial score (nSPS) is 18.3. The van der Waals surface area contributed by atoms with Gasteiger partial charge in [-0.05, 0) is 18.4 Å². The van der Waals surface area contributed by atoms with E-state index in [0.29, 0.717) is 17.9 Å². The van der Waals surface area contributed by atoms with Crippen LogP contribution in [-0.2, 0) is 9.53 Å². The molecule has 0 saturated heterocycles. The van der Waals surface area contributed by atoms with Crippen molar-refractivity contribution in [3.8, 4) is 0 Å². The molecule has 1 aromatic carbocycles. The molecule has 0 fully saturated rings. The van der Waals surface area contributed by atoms with Crippen LogP contribution < -0.4 is 10.6 Å². The van der Waals surface area contributed by atoms with Gasteiger partial charge in [0.25, 0.3) is 0 Å². The van der Waals surface area contributed by atoms with Crippen LogP contribution in [0, 0.1) is 5.92 Å². The number of carbonyl (C=O) groups excluding carboxylic acids is 2. The fourth-order valence-electron chi connectivity index (χ4n) is 2.18. The van der Waals surface area contributed by atoms with Crippen LogP contribution in [0.1, 0.15) is 32.4 Å². The number of esters is 1. The standard InChI is InChI=1S/C16H20N2O3/c1-10(2)9-21-15(19)13-11(3)17-16(20)18-14(13)12-7-5-4-6-8-12/h4-8,10,14H,9H2,1-3H3,(H2,17,18,20)/t14-/m0/s1. The summed E-state index contributed by atoms with van der Waals surface area (Å²) < 4.78 is 5.31. The van der Waals surface area contributed by atoms with E-state index in [1.165, 1.54) is 0 Å². The third-order valence-electron chi connectivity index (χ3n) is 3.17. The average Bonchev–Trinajstić information content (AvgIpc) is 2.45. The Morgan fingerprint density at radius 2 is 1.95 bits per heavy atom. The molecule has 0 radical (unpaired) electrons. The van der Waals surface area contributed by atoms with E-state index in [9.17, 15) is 9.59 Å². The highest BCUT2D eigenvalue weighted by molar-refractivity contribution is 5.95. The monoisotopic (exact) mass is 288 g/mol. The maximum Gasteiger partial charge on any atom is 0.338 e. The largest absolute Gasteiger partial charge is 0.462 e. The fraction of sp³-hybridized carbons (Fsp3) is 0.375. The number of hydrogen-bond acceptors (Lipinski definition) is 3. The summed E-state index contributed by atoms with van der Waals surface area (Å²) in [6.45, 7) is 6.01. The van der Waals surface area contributed by atoms with E-state index < -0.39 is 12.0 Å². The molecule has 5 heteroatoms. The number of nitrogens with one attached hydrogen (secondary N) is 2. The van der Waals surface area contributed by atoms with E-state index in [0.717, 1.165) is 5.56 Å². The molecule has 0 aromatic heterocycles. The van der Waals surface area contributed by atoms with Crippen molar-refractivity contribution < 1.29 is 14.3 Å². The van der Waals surface area contributed by atoms with E-state index in [2.05, 4.69) is 10.6 Å². The number of benzene rings is 1. The predicted octanol–water partition coefficient (Wildman–Crippen LogP) is 2.51. The molecule has 21 heavy (non-hydrogen) atoms. The van der Waals surface area contributed by atoms with Gasteiger partial charge in [0.2, 0.25) is 0 Å². The molecule has 0 unspecified atom stereocenters. The molecule has 0 saturated carbocycles. The first-order valence-electron chi connectivity index (χ1n) is 6.99. The highest BCUT2D eigenvalue weighted by Crippen LogP contribution is 2.27. The summed E-state index contributed by atoms with van der Waals surface area (Å²) in [4.78, 5) is 24.0. The molecule has 1 atom stereocenters. The average molecular weight is 288 g/mol. The van der Waals surface area contributed by atoms with Gasteiger partial charge < -0.3 is 15.4 Å². The second kappa shape index (κ2) is 6.43. The van der Waals surface area contributed by atoms with Gasteiger partial charge in [0.05, 0.1) is 18.2 Å². The quantitative estimate of drug-likeness (QED) is 0.837. The Labute approximate surface area is 124 Å². The van der Waals surface area contributed by atoms with Crippen LogP contribution in [0.5, 0.6) is 0 Å². The Morgan fingerprint density at radius 3 is 2.57 bits per heavy atom. The van der Waals surface area contributed by atoms with Gasteiger partial charge in [0.1, 0.15) is 0 Å². The second-order valence-electron chi connectivity index (χ2n) is 5.47. The molecule has 5 nitrogen and oxygen atoms in total. The van der Waals surface area contributed by atoms with Gasteiger partial charge >= 0.3 is 12.0 Å². The van der Waals surface area contributed by atoms with Crippen LogP contribution in [0.4, 0.5) is 4.79 Å². The van der Waals surface area contributed by atoms with Gasteiger partial charge in [-0.1, -0.05) is 44.2 Å². The van der Waals surface area contributed by atoms with Crippen molar-refractivity contribution in [1.29, 1.82) is 0 Å². The molecule has 1 aliphatic rings. The Bertz CT molecular complexity index is 564. The third kappa shape index (κ3) is 3.62. The molecule has 2 N–H and O–H groups in total. The number of rotatable bonds is 4. The zero-order chi connectivity index (χ0) is 15.4. The van der Waals surface area contributed by atoms with Crippen molar-refractivity contribution in [3.63, 3.8) is 0 Å². The molecule has 2 rings (SSSR count). The van der Waals surface area contributed by atoms with Crippen molar-refractivity contribution in [2.75, 3.05) is 6.61 Å². The summed E-state index contributed by atoms with van der Waals surface area (Å²) >= 11 is 0. The lowest BCUT2D eigenvalue weighted by Gasteiger charge is -2.28. The highest BCUT2D eigenvalue weighted by atomic mass is 16.5. The first kappa shape index (κ1) is 15.1. The minimum Gasteiger partial charge on any atom is -0.462 e. The van der Waals surface area contributed by atoms with Gasteiger partial charge in [-0.3, -0.25) is 0 Å². The molecular weight excluding hydrogens is 268 g/mol. The Kier molecular flexibility index (Phi) is 4.62. The molecule has 1 aromatic rings. The lowest BCUT2D eigenvalue weighted by molar-refractivity contribution is -0.140. The zero-order valence-corrected chi connectivity index (χ0v) is 12.5. The molecular formula is C16H20N2O3. The number of allylic oxidation sites excluding steroid dienone is 1. The summed E-state index contributed by atoms with van der Waals surface area (Å²) in [5.41, 5.74) is 1.83. The maximum absolute atomic E-state index is 12.3. The van der Waals surface area contributed by atoms with Crippen LogP contribution >= 0.6 is 0 Å². The number of hydrogen-bond donors (Lipinski definition) is 2. The first-order valence-corrected chi connectivity index (χ1v) is 6.99. The van der Waals surface area contributed by atoms with Crippen LogP contribution in [0.25, 0.3) is 0 Å². The van der Waals surface area contributed by atoms with Crippen LogP contribution in [0.15, 0.2) is 41.6 Å². The topological polar surface area (TPSA) is 67.4 Å². The van der Waals surface area contributed by atoms with Crippen LogP contribution in [0.3, 0.4) is 0 Å². The number of ether oxygens (including phenoxy) is 1. The summed E-state index contributed by atoms with van der Waals surface area (Å²) in [7, 11) is 0. The van der Waals surface area contributed by atoms with Crippen molar-refractivity contribution in [2.24, 2.45) is 5.92 Å². The van der Waals surface area contributed by atoms with Gasteiger partial charge in [0.15, 0.2) is 0 Å². The van der Waals surface area contributed by atoms with Gasteiger partial charge in [-0.15, -0.1) is 0 Å². The van der Waals surface area contributed by atoms with E-state index in [-0.39, 0.29) is 11.9 Å². The predicted molar refractivity (Wildman–Crippen MR) is 79.3 cm³/mol. The molecule has 1 aliphatic heterocycles. The van der Waals surface area contributed by atoms with E-state index in [4.69, 9.17) is 4.74 Å². The van der Waals surface area contributed by atoms with E-state index in [1.807, 2.05) is 44.2 Å². The van der Waals surface area contributed by atoms with Crippen LogP contribution in [-0.4, -0.2) is 18.6 Å². The zero-order valence-electron chi connectivity index (χ0n) is 12.5. The second-order valence-corrected chi connectivity index (χ2v) is 5.47. The fourth-order valence-corrected chi connectivity index (χ4v) is 2.18. The third-order valence-corrected chi connectivity index (χ3v) is 3.17. The van der Waals surface area contributed by atoms with Gasteiger partial charge in [-0.25, -0.2) is 9.59 Å². The summed E-state index contributed by atoms with van der Waals surface area (Å²) in [6, 6.07) is 8.57. The SMILES string of the molecule is CC1=C(C(=O)OCC(C)C)[C@H](c2ccccc2)NC(=O)N1. The first-order chi connectivity index (χ1) is 9.99. The van der Waals surface area contributed by atoms with Crippen molar-refractivity contribution >= 4 is 12.0 Å². The maximum atomic E-state index is 12.3. The smallest absolute Gasteiger partial charge is 0.338 e. The molecule has 112 valence electrons. The molecule has 0 bridgehead atoms. The van der Waals surface area contributed by atoms with E-state index >= 15 is 0 Å². The molecule has 0 aliphatic carbocycles. The van der Waals surface area contributed by atoms with Crippen LogP contribution in [0.2, 0.25) is 0 Å². The summed E-state index contributed by atoms with van der Waals surface area (Å²) in [5.74, 6) is -0.140. The van der Waals surface area contributed by atoms with E-state index in [1.54, 1.807) is 6.92 Å². The lowest BCUT2D eigenvalue weighted by Crippen LogP contribution is -2.45. The van der Waals surface area contributed by atoms with Crippen molar-refractivity contribution in [1.82, 2.24) is 10.6 Å². The van der Waals surface area contributed by atoms with Gasteiger partial charge in [0, 0.05) is 5.70 Å². The molecule has 0 spiro atoms. The molecule has 1 heterocycles. The minimum absolute atomic E-state index is 0.260. The number of urea groups is 1. The Hall–Kier alpha value is -2.30. The van der Waals surface area contributed by atoms with Crippen molar-refractivity contribution in [2.45, 2.75) is 26.8 Å². The number of amides is 2. The number of carbonyl (C=O) groups is 2. The molecule has 2 amide bonds. The van der Waals surface area contributed by atoms with Crippen molar-refractivity contribution in [3.05, 3.63) is 47.2 Å². The van der Waals surface area contributed by atoms with Gasteiger partial charge in [-0.2, -0.15) is 0 Å². The summed E-state index contributed by atoms with van der Waals surface area (Å²) in [6.07, 6.45) is 0.